The third-order valence-electron chi connectivity index (χ3n) is 6.36. The number of anilines is 1. The Bertz CT molecular complexity index is 1430. The summed E-state index contributed by atoms with van der Waals surface area (Å²) in [7, 11) is -4.29. The standard InChI is InChI=1S/C29H32Cl2FN3O4S/c1-4-5-16-33-29(37)21(3)34(18-22-8-9-23(30)17-27(22)31)28(36)19-35(25-12-6-20(2)7-13-25)40(38,39)26-14-10-24(32)11-15-26/h6-15,17,21H,4-5,16,18-19H2,1-3H3,(H,33,37)/t21-/m1/s1. The quantitative estimate of drug-likeness (QED) is 0.257. The van der Waals surface area contributed by atoms with Crippen LogP contribution in [-0.2, 0) is 26.2 Å². The van der Waals surface area contributed by atoms with Crippen LogP contribution in [0.25, 0.3) is 0 Å². The zero-order chi connectivity index (χ0) is 29.4. The minimum Gasteiger partial charge on any atom is -0.354 e. The van der Waals surface area contributed by atoms with Crippen molar-refractivity contribution in [1.82, 2.24) is 10.2 Å². The van der Waals surface area contributed by atoms with Crippen molar-refractivity contribution in [3.05, 3.63) is 93.7 Å². The van der Waals surface area contributed by atoms with Gasteiger partial charge in [-0.2, -0.15) is 0 Å². The Morgan fingerprint density at radius 1 is 1.00 bits per heavy atom. The minimum atomic E-state index is -4.29. The van der Waals surface area contributed by atoms with Gasteiger partial charge in [0.15, 0.2) is 0 Å². The fourth-order valence-electron chi connectivity index (χ4n) is 3.93. The van der Waals surface area contributed by atoms with Crippen LogP contribution in [0.3, 0.4) is 0 Å². The first kappa shape index (κ1) is 31.4. The molecular formula is C29H32Cl2FN3O4S. The van der Waals surface area contributed by atoms with E-state index in [-0.39, 0.29) is 23.0 Å². The monoisotopic (exact) mass is 607 g/mol. The number of nitrogens with zero attached hydrogens (tertiary/aromatic N) is 2. The molecule has 0 spiro atoms. The van der Waals surface area contributed by atoms with Crippen LogP contribution in [0.1, 0.15) is 37.8 Å². The summed E-state index contributed by atoms with van der Waals surface area (Å²) in [6, 6.07) is 14.9. The SMILES string of the molecule is CCCCNC(=O)[C@@H](C)N(Cc1ccc(Cl)cc1Cl)C(=O)CN(c1ccc(C)cc1)S(=O)(=O)c1ccc(F)cc1. The Kier molecular flexibility index (Phi) is 11.0. The van der Waals surface area contributed by atoms with Gasteiger partial charge in [-0.1, -0.05) is 60.3 Å². The van der Waals surface area contributed by atoms with E-state index < -0.39 is 34.3 Å². The lowest BCUT2D eigenvalue weighted by molar-refractivity contribution is -0.139. The van der Waals surface area contributed by atoms with E-state index in [0.29, 0.717) is 22.2 Å². The summed E-state index contributed by atoms with van der Waals surface area (Å²) in [5, 5.41) is 3.54. The molecule has 3 rings (SSSR count). The second kappa shape index (κ2) is 14.0. The Morgan fingerprint density at radius 3 is 2.25 bits per heavy atom. The molecule has 0 aliphatic rings. The van der Waals surface area contributed by atoms with Crippen LogP contribution in [-0.4, -0.2) is 44.3 Å². The largest absolute Gasteiger partial charge is 0.354 e. The molecule has 40 heavy (non-hydrogen) atoms. The van der Waals surface area contributed by atoms with Gasteiger partial charge in [-0.05, 0) is 74.4 Å². The molecule has 0 fully saturated rings. The van der Waals surface area contributed by atoms with Crippen molar-refractivity contribution in [3.63, 3.8) is 0 Å². The predicted octanol–water partition coefficient (Wildman–Crippen LogP) is 5.97. The lowest BCUT2D eigenvalue weighted by atomic mass is 10.1. The van der Waals surface area contributed by atoms with Crippen molar-refractivity contribution < 1.29 is 22.4 Å². The number of halogens is 3. The Balaban J connectivity index is 2.01. The maximum Gasteiger partial charge on any atom is 0.264 e. The van der Waals surface area contributed by atoms with Crippen molar-refractivity contribution >= 4 is 50.7 Å². The molecule has 0 radical (unpaired) electrons. The van der Waals surface area contributed by atoms with Gasteiger partial charge >= 0.3 is 0 Å². The molecule has 0 heterocycles. The summed E-state index contributed by atoms with van der Waals surface area (Å²) in [5.74, 6) is -1.60. The van der Waals surface area contributed by atoms with E-state index in [0.717, 1.165) is 47.0 Å². The predicted molar refractivity (Wildman–Crippen MR) is 157 cm³/mol. The molecular weight excluding hydrogens is 576 g/mol. The number of nitrogens with one attached hydrogen (secondary N) is 1. The molecule has 2 amide bonds. The first-order chi connectivity index (χ1) is 18.9. The molecule has 1 atom stereocenters. The number of hydrogen-bond donors (Lipinski definition) is 1. The summed E-state index contributed by atoms with van der Waals surface area (Å²) < 4.78 is 42.0. The van der Waals surface area contributed by atoms with Gasteiger partial charge in [-0.15, -0.1) is 0 Å². The first-order valence-corrected chi connectivity index (χ1v) is 15.0. The van der Waals surface area contributed by atoms with Crippen LogP contribution in [0, 0.1) is 12.7 Å². The van der Waals surface area contributed by atoms with Crippen molar-refractivity contribution in [3.8, 4) is 0 Å². The first-order valence-electron chi connectivity index (χ1n) is 12.8. The van der Waals surface area contributed by atoms with Gasteiger partial charge in [0.2, 0.25) is 11.8 Å². The molecule has 214 valence electrons. The number of hydrogen-bond acceptors (Lipinski definition) is 4. The summed E-state index contributed by atoms with van der Waals surface area (Å²) in [4.78, 5) is 28.0. The maximum atomic E-state index is 13.9. The normalized spacial score (nSPS) is 12.1. The van der Waals surface area contributed by atoms with Crippen molar-refractivity contribution in [2.45, 2.75) is 51.1 Å². The van der Waals surface area contributed by atoms with Crippen LogP contribution in [0.15, 0.2) is 71.6 Å². The molecule has 0 bridgehead atoms. The third kappa shape index (κ3) is 7.96. The maximum absolute atomic E-state index is 13.9. The van der Waals surface area contributed by atoms with E-state index >= 15 is 0 Å². The van der Waals surface area contributed by atoms with E-state index in [2.05, 4.69) is 5.32 Å². The van der Waals surface area contributed by atoms with E-state index in [1.165, 1.54) is 11.0 Å². The molecule has 0 unspecified atom stereocenters. The number of amides is 2. The topological polar surface area (TPSA) is 86.8 Å². The van der Waals surface area contributed by atoms with Gasteiger partial charge in [0.1, 0.15) is 18.4 Å². The number of benzene rings is 3. The molecule has 3 aromatic rings. The summed E-state index contributed by atoms with van der Waals surface area (Å²) >= 11 is 12.4. The third-order valence-corrected chi connectivity index (χ3v) is 8.73. The zero-order valence-electron chi connectivity index (χ0n) is 22.5. The van der Waals surface area contributed by atoms with Crippen molar-refractivity contribution in [2.24, 2.45) is 0 Å². The molecule has 0 saturated heterocycles. The van der Waals surface area contributed by atoms with Crippen molar-refractivity contribution in [2.75, 3.05) is 17.4 Å². The van der Waals surface area contributed by atoms with Crippen LogP contribution >= 0.6 is 23.2 Å². The number of carbonyl (C=O) groups excluding carboxylic acids is 2. The van der Waals surface area contributed by atoms with Gasteiger partial charge in [-0.3, -0.25) is 13.9 Å². The molecule has 0 aliphatic carbocycles. The number of carbonyl (C=O) groups is 2. The molecule has 3 aromatic carbocycles. The Morgan fingerprint density at radius 2 is 1.65 bits per heavy atom. The van der Waals surface area contributed by atoms with E-state index in [1.807, 2.05) is 13.8 Å². The van der Waals surface area contributed by atoms with Gasteiger partial charge in [-0.25, -0.2) is 12.8 Å². The van der Waals surface area contributed by atoms with Gasteiger partial charge in [0.05, 0.1) is 10.6 Å². The Hall–Kier alpha value is -3.14. The highest BCUT2D eigenvalue weighted by atomic mass is 35.5. The van der Waals surface area contributed by atoms with E-state index in [4.69, 9.17) is 23.2 Å². The summed E-state index contributed by atoms with van der Waals surface area (Å²) in [6.45, 7) is 5.20. The second-order valence-electron chi connectivity index (χ2n) is 9.38. The van der Waals surface area contributed by atoms with Crippen LogP contribution in [0.2, 0.25) is 10.0 Å². The molecule has 0 aliphatic heterocycles. The van der Waals surface area contributed by atoms with Gasteiger partial charge in [0, 0.05) is 23.1 Å². The zero-order valence-corrected chi connectivity index (χ0v) is 24.9. The minimum absolute atomic E-state index is 0.0600. The second-order valence-corrected chi connectivity index (χ2v) is 12.1. The van der Waals surface area contributed by atoms with Gasteiger partial charge < -0.3 is 10.2 Å². The summed E-state index contributed by atoms with van der Waals surface area (Å²) in [5.41, 5.74) is 1.68. The highest BCUT2D eigenvalue weighted by molar-refractivity contribution is 7.92. The smallest absolute Gasteiger partial charge is 0.264 e. The molecule has 0 aromatic heterocycles. The number of sulfonamides is 1. The van der Waals surface area contributed by atoms with Gasteiger partial charge in [0.25, 0.3) is 10.0 Å². The number of rotatable bonds is 12. The molecule has 7 nitrogen and oxygen atoms in total. The fourth-order valence-corrected chi connectivity index (χ4v) is 5.81. The average Bonchev–Trinajstić information content (AvgIpc) is 2.91. The Labute approximate surface area is 244 Å². The average molecular weight is 609 g/mol. The molecule has 1 N–H and O–H groups in total. The number of unbranched alkanes of at least 4 members (excludes halogenated alkanes) is 1. The lowest BCUT2D eigenvalue weighted by Crippen LogP contribution is -2.51. The molecule has 0 saturated carbocycles. The number of aryl methyl sites for hydroxylation is 1. The molecule has 11 heteroatoms. The summed E-state index contributed by atoms with van der Waals surface area (Å²) in [6.07, 6.45) is 1.65. The van der Waals surface area contributed by atoms with Crippen LogP contribution in [0.5, 0.6) is 0 Å². The fraction of sp³-hybridized carbons (Fsp3) is 0.310. The van der Waals surface area contributed by atoms with Crippen molar-refractivity contribution in [1.29, 1.82) is 0 Å². The van der Waals surface area contributed by atoms with E-state index in [9.17, 15) is 22.4 Å². The van der Waals surface area contributed by atoms with E-state index in [1.54, 1.807) is 43.3 Å². The highest BCUT2D eigenvalue weighted by Gasteiger charge is 2.32. The van der Waals surface area contributed by atoms with Crippen LogP contribution < -0.4 is 9.62 Å². The highest BCUT2D eigenvalue weighted by Crippen LogP contribution is 2.27. The lowest BCUT2D eigenvalue weighted by Gasteiger charge is -2.32. The van der Waals surface area contributed by atoms with Crippen LogP contribution in [0.4, 0.5) is 10.1 Å².